The lowest BCUT2D eigenvalue weighted by Crippen LogP contribution is -2.31. The first-order chi connectivity index (χ1) is 8.95. The van der Waals surface area contributed by atoms with Crippen molar-refractivity contribution >= 4 is 21.6 Å². The molecule has 1 aliphatic carbocycles. The van der Waals surface area contributed by atoms with E-state index in [1.54, 1.807) is 23.9 Å². The average molecular weight is 305 g/mol. The van der Waals surface area contributed by atoms with Gasteiger partial charge in [-0.25, -0.2) is 12.7 Å². The molecule has 1 heterocycles. The van der Waals surface area contributed by atoms with Gasteiger partial charge in [0.25, 0.3) is 0 Å². The number of rotatable bonds is 5. The molecule has 1 saturated carbocycles. The SMILES string of the molecule is CN(CC1CCCC1)S(=O)(=O)c1cc(CCl)n(C)c1. The highest BCUT2D eigenvalue weighted by atomic mass is 35.5. The molecule has 0 aromatic carbocycles. The maximum absolute atomic E-state index is 12.5. The van der Waals surface area contributed by atoms with Gasteiger partial charge in [-0.05, 0) is 24.8 Å². The Hall–Kier alpha value is -0.520. The van der Waals surface area contributed by atoms with Gasteiger partial charge in [-0.3, -0.25) is 0 Å². The Morgan fingerprint density at radius 2 is 2.05 bits per heavy atom. The normalized spacial score (nSPS) is 17.5. The van der Waals surface area contributed by atoms with Gasteiger partial charge in [0.1, 0.15) is 4.90 Å². The fourth-order valence-electron chi connectivity index (χ4n) is 2.69. The van der Waals surface area contributed by atoms with Gasteiger partial charge in [0.15, 0.2) is 0 Å². The molecule has 2 rings (SSSR count). The minimum absolute atomic E-state index is 0.318. The molecule has 0 aliphatic heterocycles. The summed E-state index contributed by atoms with van der Waals surface area (Å²) in [6.07, 6.45) is 6.36. The molecule has 1 fully saturated rings. The summed E-state index contributed by atoms with van der Waals surface area (Å²) >= 11 is 5.78. The van der Waals surface area contributed by atoms with E-state index in [4.69, 9.17) is 11.6 Å². The first-order valence-electron chi connectivity index (χ1n) is 6.62. The molecule has 0 saturated heterocycles. The number of halogens is 1. The Balaban J connectivity index is 2.15. The number of nitrogens with zero attached hydrogens (tertiary/aromatic N) is 2. The second-order valence-corrected chi connectivity index (χ2v) is 7.66. The number of hydrogen-bond acceptors (Lipinski definition) is 2. The van der Waals surface area contributed by atoms with Crippen LogP contribution in [-0.4, -0.2) is 30.9 Å². The van der Waals surface area contributed by atoms with Crippen LogP contribution in [-0.2, 0) is 23.0 Å². The lowest BCUT2D eigenvalue weighted by Gasteiger charge is -2.20. The lowest BCUT2D eigenvalue weighted by atomic mass is 10.1. The van der Waals surface area contributed by atoms with Crippen LogP contribution in [0.1, 0.15) is 31.4 Å². The average Bonchev–Trinajstić information content (AvgIpc) is 2.98. The van der Waals surface area contributed by atoms with E-state index in [0.717, 1.165) is 18.5 Å². The summed E-state index contributed by atoms with van der Waals surface area (Å²) in [5.74, 6) is 0.828. The zero-order valence-corrected chi connectivity index (χ0v) is 13.0. The Labute approximate surface area is 120 Å². The molecule has 6 heteroatoms. The number of aryl methyl sites for hydroxylation is 1. The second-order valence-electron chi connectivity index (χ2n) is 5.35. The maximum Gasteiger partial charge on any atom is 0.244 e. The number of hydrogen-bond donors (Lipinski definition) is 0. The molecule has 4 nitrogen and oxygen atoms in total. The predicted octanol–water partition coefficient (Wildman–Crippen LogP) is 2.57. The Morgan fingerprint density at radius 3 is 2.58 bits per heavy atom. The monoisotopic (exact) mass is 304 g/mol. The number of aromatic nitrogens is 1. The zero-order chi connectivity index (χ0) is 14.0. The molecule has 1 aliphatic rings. The van der Waals surface area contributed by atoms with Gasteiger partial charge in [-0.1, -0.05) is 12.8 Å². The van der Waals surface area contributed by atoms with Crippen LogP contribution in [0.3, 0.4) is 0 Å². The van der Waals surface area contributed by atoms with Gasteiger partial charge in [-0.2, -0.15) is 0 Å². The number of sulfonamides is 1. The third kappa shape index (κ3) is 3.15. The molecule has 108 valence electrons. The van der Waals surface area contributed by atoms with Crippen molar-refractivity contribution in [3.63, 3.8) is 0 Å². The van der Waals surface area contributed by atoms with E-state index >= 15 is 0 Å². The lowest BCUT2D eigenvalue weighted by molar-refractivity contribution is 0.387. The summed E-state index contributed by atoms with van der Waals surface area (Å²) in [4.78, 5) is 0.339. The topological polar surface area (TPSA) is 42.3 Å². The van der Waals surface area contributed by atoms with Crippen LogP contribution in [0.25, 0.3) is 0 Å². The molecule has 1 aromatic heterocycles. The van der Waals surface area contributed by atoms with Crippen molar-refractivity contribution in [2.75, 3.05) is 13.6 Å². The molecule has 0 N–H and O–H groups in total. The minimum Gasteiger partial charge on any atom is -0.352 e. The Bertz CT molecular complexity index is 533. The van der Waals surface area contributed by atoms with Crippen molar-refractivity contribution in [3.05, 3.63) is 18.0 Å². The van der Waals surface area contributed by atoms with Crippen LogP contribution in [0.5, 0.6) is 0 Å². The molecule has 0 radical (unpaired) electrons. The van der Waals surface area contributed by atoms with Crippen LogP contribution in [0.15, 0.2) is 17.2 Å². The van der Waals surface area contributed by atoms with Crippen molar-refractivity contribution in [1.29, 1.82) is 0 Å². The van der Waals surface area contributed by atoms with Crippen LogP contribution in [0.2, 0.25) is 0 Å². The highest BCUT2D eigenvalue weighted by Gasteiger charge is 2.26. The molecule has 0 bridgehead atoms. The number of alkyl halides is 1. The standard InChI is InChI=1S/C13H21ClN2O2S/c1-15-10-13(7-12(15)8-14)19(17,18)16(2)9-11-5-3-4-6-11/h7,10-11H,3-6,8-9H2,1-2H3. The summed E-state index contributed by atoms with van der Waals surface area (Å²) < 4.78 is 28.2. The van der Waals surface area contributed by atoms with Crippen LogP contribution < -0.4 is 0 Å². The molecule has 0 atom stereocenters. The summed E-state index contributed by atoms with van der Waals surface area (Å²) in [6.45, 7) is 0.618. The summed E-state index contributed by atoms with van der Waals surface area (Å²) in [7, 11) is 0.0965. The van der Waals surface area contributed by atoms with E-state index in [1.165, 1.54) is 17.1 Å². The van der Waals surface area contributed by atoms with Crippen molar-refractivity contribution in [3.8, 4) is 0 Å². The van der Waals surface area contributed by atoms with Crippen molar-refractivity contribution in [2.24, 2.45) is 13.0 Å². The van der Waals surface area contributed by atoms with E-state index in [9.17, 15) is 8.42 Å². The first-order valence-corrected chi connectivity index (χ1v) is 8.60. The zero-order valence-electron chi connectivity index (χ0n) is 11.5. The molecule has 19 heavy (non-hydrogen) atoms. The van der Waals surface area contributed by atoms with Crippen LogP contribution in [0, 0.1) is 5.92 Å². The molecule has 0 spiro atoms. The quantitative estimate of drug-likeness (QED) is 0.785. The maximum atomic E-state index is 12.5. The predicted molar refractivity (Wildman–Crippen MR) is 76.7 cm³/mol. The van der Waals surface area contributed by atoms with Gasteiger partial charge < -0.3 is 4.57 Å². The summed E-state index contributed by atoms with van der Waals surface area (Å²) in [5.41, 5.74) is 0.814. The van der Waals surface area contributed by atoms with Crippen molar-refractivity contribution < 1.29 is 8.42 Å². The van der Waals surface area contributed by atoms with Gasteiger partial charge in [0.05, 0.1) is 5.88 Å². The van der Waals surface area contributed by atoms with E-state index in [-0.39, 0.29) is 0 Å². The molecule has 0 unspecified atom stereocenters. The molecular formula is C13H21ClN2O2S. The second kappa shape index (κ2) is 5.85. The van der Waals surface area contributed by atoms with E-state index in [0.29, 0.717) is 23.2 Å². The highest BCUT2D eigenvalue weighted by Crippen LogP contribution is 2.27. The molecule has 1 aromatic rings. The Kier molecular flexibility index (Phi) is 4.58. The Morgan fingerprint density at radius 1 is 1.42 bits per heavy atom. The smallest absolute Gasteiger partial charge is 0.244 e. The fraction of sp³-hybridized carbons (Fsp3) is 0.692. The van der Waals surface area contributed by atoms with Crippen LogP contribution in [0.4, 0.5) is 0 Å². The molecule has 0 amide bonds. The summed E-state index contributed by atoms with van der Waals surface area (Å²) in [5, 5.41) is 0. The molecular weight excluding hydrogens is 284 g/mol. The van der Waals surface area contributed by atoms with Gasteiger partial charge in [0.2, 0.25) is 10.0 Å². The van der Waals surface area contributed by atoms with Crippen LogP contribution >= 0.6 is 11.6 Å². The van der Waals surface area contributed by atoms with Gasteiger partial charge in [0, 0.05) is 32.5 Å². The van der Waals surface area contributed by atoms with Crippen molar-refractivity contribution in [1.82, 2.24) is 8.87 Å². The van der Waals surface area contributed by atoms with E-state index in [2.05, 4.69) is 0 Å². The van der Waals surface area contributed by atoms with Gasteiger partial charge in [-0.15, -0.1) is 11.6 Å². The fourth-order valence-corrected chi connectivity index (χ4v) is 4.29. The van der Waals surface area contributed by atoms with E-state index < -0.39 is 10.0 Å². The third-order valence-electron chi connectivity index (χ3n) is 3.92. The third-order valence-corrected chi connectivity index (χ3v) is 5.98. The first kappa shape index (κ1) is 14.9. The van der Waals surface area contributed by atoms with E-state index in [1.807, 2.05) is 7.05 Å². The van der Waals surface area contributed by atoms with Gasteiger partial charge >= 0.3 is 0 Å². The highest BCUT2D eigenvalue weighted by molar-refractivity contribution is 7.89. The largest absolute Gasteiger partial charge is 0.352 e. The minimum atomic E-state index is -3.38. The summed E-state index contributed by atoms with van der Waals surface area (Å²) in [6, 6.07) is 1.66. The van der Waals surface area contributed by atoms with Crippen molar-refractivity contribution in [2.45, 2.75) is 36.5 Å².